The molecule has 0 fully saturated rings. The maximum absolute atomic E-state index is 13.9. The van der Waals surface area contributed by atoms with Crippen molar-refractivity contribution in [3.63, 3.8) is 0 Å². The summed E-state index contributed by atoms with van der Waals surface area (Å²) < 4.78 is 6.08. The monoisotopic (exact) mass is 535 g/mol. The highest BCUT2D eigenvalue weighted by atomic mass is 35.5. The van der Waals surface area contributed by atoms with Crippen molar-refractivity contribution in [2.75, 3.05) is 6.54 Å². The number of hydrogen-bond donors (Lipinski definition) is 1. The van der Waals surface area contributed by atoms with Gasteiger partial charge in [-0.15, -0.1) is 0 Å². The summed E-state index contributed by atoms with van der Waals surface area (Å²) in [4.78, 5) is 35.0. The molecule has 2 N–H and O–H groups in total. The molecule has 37 heavy (non-hydrogen) atoms. The molecule has 0 saturated heterocycles. The average Bonchev–Trinajstić information content (AvgIpc) is 3.29. The van der Waals surface area contributed by atoms with Gasteiger partial charge in [0.1, 0.15) is 5.82 Å². The van der Waals surface area contributed by atoms with Crippen molar-refractivity contribution in [3.8, 4) is 0 Å². The molecule has 1 amide bonds. The molecule has 4 aromatic rings. The molecule has 0 aliphatic rings. The van der Waals surface area contributed by atoms with Crippen LogP contribution in [0.25, 0.3) is 10.2 Å². The highest BCUT2D eigenvalue weighted by Gasteiger charge is 2.30. The quantitative estimate of drug-likeness (QED) is 0.296. The van der Waals surface area contributed by atoms with Crippen LogP contribution in [0.4, 0.5) is 0 Å². The molecule has 4 rings (SSSR count). The fraction of sp³-hybridized carbons (Fsp3) is 0.286. The molecule has 2 aromatic heterocycles. The van der Waals surface area contributed by atoms with Crippen molar-refractivity contribution in [1.82, 2.24) is 18.8 Å². The van der Waals surface area contributed by atoms with E-state index in [4.69, 9.17) is 22.3 Å². The lowest BCUT2D eigenvalue weighted by Crippen LogP contribution is -2.39. The number of amides is 1. The Morgan fingerprint density at radius 1 is 1.19 bits per heavy atom. The molecular weight excluding hydrogens is 506 g/mol. The number of carbonyl (C=O) groups is 1. The molecule has 0 spiro atoms. The SMILES string of the molecule is CCC(c1nc2snc(C)c2c(=O)n1Cc1ccccc1)N(CC/C(C)=C/N)C(=O)c1ccc(Cl)cc1. The van der Waals surface area contributed by atoms with Gasteiger partial charge in [-0.05, 0) is 74.3 Å². The smallest absolute Gasteiger partial charge is 0.264 e. The fourth-order valence-corrected chi connectivity index (χ4v) is 5.24. The molecule has 0 saturated carbocycles. The Bertz CT molecular complexity index is 1480. The van der Waals surface area contributed by atoms with Crippen LogP contribution in [0.15, 0.2) is 71.2 Å². The van der Waals surface area contributed by atoms with Gasteiger partial charge in [-0.1, -0.05) is 54.4 Å². The predicted octanol–water partition coefficient (Wildman–Crippen LogP) is 5.71. The van der Waals surface area contributed by atoms with E-state index in [0.29, 0.717) is 58.3 Å². The van der Waals surface area contributed by atoms with Crippen molar-refractivity contribution in [2.45, 2.75) is 46.2 Å². The van der Waals surface area contributed by atoms with Crippen molar-refractivity contribution >= 4 is 39.3 Å². The van der Waals surface area contributed by atoms with Gasteiger partial charge in [0.05, 0.1) is 23.7 Å². The summed E-state index contributed by atoms with van der Waals surface area (Å²) in [7, 11) is 0. The van der Waals surface area contributed by atoms with Gasteiger partial charge in [-0.25, -0.2) is 4.98 Å². The summed E-state index contributed by atoms with van der Waals surface area (Å²) in [6.45, 7) is 6.51. The van der Waals surface area contributed by atoms with E-state index in [1.54, 1.807) is 39.9 Å². The summed E-state index contributed by atoms with van der Waals surface area (Å²) in [5.74, 6) is 0.388. The molecule has 2 aromatic carbocycles. The van der Waals surface area contributed by atoms with E-state index in [0.717, 1.165) is 11.1 Å². The van der Waals surface area contributed by atoms with Crippen LogP contribution in [-0.4, -0.2) is 31.3 Å². The Hall–Kier alpha value is -3.49. The van der Waals surface area contributed by atoms with Crippen LogP contribution in [0.3, 0.4) is 0 Å². The lowest BCUT2D eigenvalue weighted by molar-refractivity contribution is 0.0659. The molecule has 2 heterocycles. The minimum Gasteiger partial charge on any atom is -0.405 e. The molecule has 9 heteroatoms. The van der Waals surface area contributed by atoms with Crippen molar-refractivity contribution in [3.05, 3.63) is 104 Å². The van der Waals surface area contributed by atoms with Gasteiger partial charge < -0.3 is 10.6 Å². The zero-order valence-corrected chi connectivity index (χ0v) is 22.7. The highest BCUT2D eigenvalue weighted by Crippen LogP contribution is 2.29. The second-order valence-corrected chi connectivity index (χ2v) is 10.2. The van der Waals surface area contributed by atoms with Crippen molar-refractivity contribution in [1.29, 1.82) is 0 Å². The first-order valence-electron chi connectivity index (χ1n) is 12.2. The number of nitrogens with two attached hydrogens (primary N) is 1. The second-order valence-electron chi connectivity index (χ2n) is 8.99. The Morgan fingerprint density at radius 3 is 2.54 bits per heavy atom. The molecule has 0 aliphatic carbocycles. The lowest BCUT2D eigenvalue weighted by Gasteiger charge is -2.32. The first-order valence-corrected chi connectivity index (χ1v) is 13.3. The number of aromatic nitrogens is 3. The van der Waals surface area contributed by atoms with Gasteiger partial charge >= 0.3 is 0 Å². The third-order valence-corrected chi connectivity index (χ3v) is 7.51. The minimum atomic E-state index is -0.447. The number of carbonyl (C=O) groups excluding carboxylic acids is 1. The Balaban J connectivity index is 1.87. The van der Waals surface area contributed by atoms with Crippen LogP contribution in [-0.2, 0) is 6.54 Å². The molecular formula is C28H30ClN5O2S. The number of benzene rings is 2. The van der Waals surface area contributed by atoms with Crippen LogP contribution in [0.1, 0.15) is 60.2 Å². The molecule has 0 bridgehead atoms. The van der Waals surface area contributed by atoms with Gasteiger partial charge in [0, 0.05) is 17.1 Å². The molecule has 1 atom stereocenters. The normalized spacial score (nSPS) is 12.6. The van der Waals surface area contributed by atoms with E-state index in [9.17, 15) is 9.59 Å². The molecule has 0 aliphatic heterocycles. The Morgan fingerprint density at radius 2 is 1.89 bits per heavy atom. The number of nitrogens with zero attached hydrogens (tertiary/aromatic N) is 4. The van der Waals surface area contributed by atoms with Crippen LogP contribution >= 0.6 is 23.1 Å². The molecule has 192 valence electrons. The third kappa shape index (κ3) is 5.76. The van der Waals surface area contributed by atoms with Crippen molar-refractivity contribution < 1.29 is 4.79 Å². The zero-order valence-electron chi connectivity index (χ0n) is 21.1. The minimum absolute atomic E-state index is 0.148. The van der Waals surface area contributed by atoms with E-state index in [1.165, 1.54) is 11.5 Å². The van der Waals surface area contributed by atoms with Gasteiger partial charge in [0.15, 0.2) is 4.83 Å². The highest BCUT2D eigenvalue weighted by molar-refractivity contribution is 7.12. The van der Waals surface area contributed by atoms with Gasteiger partial charge in [0.2, 0.25) is 0 Å². The lowest BCUT2D eigenvalue weighted by atomic mass is 10.1. The largest absolute Gasteiger partial charge is 0.405 e. The van der Waals surface area contributed by atoms with E-state index < -0.39 is 6.04 Å². The third-order valence-electron chi connectivity index (χ3n) is 6.42. The maximum atomic E-state index is 13.9. The molecule has 1 unspecified atom stereocenters. The number of halogens is 1. The summed E-state index contributed by atoms with van der Waals surface area (Å²) in [6, 6.07) is 16.2. The molecule has 7 nitrogen and oxygen atoms in total. The summed E-state index contributed by atoms with van der Waals surface area (Å²) in [5, 5.41) is 1.08. The number of aryl methyl sites for hydroxylation is 1. The number of hydrogen-bond acceptors (Lipinski definition) is 6. The summed E-state index contributed by atoms with van der Waals surface area (Å²) in [6.07, 6.45) is 2.72. The van der Waals surface area contributed by atoms with Crippen LogP contribution < -0.4 is 11.3 Å². The van der Waals surface area contributed by atoms with E-state index >= 15 is 0 Å². The fourth-order valence-electron chi connectivity index (χ4n) is 4.34. The van der Waals surface area contributed by atoms with Gasteiger partial charge in [-0.3, -0.25) is 14.2 Å². The standard InChI is InChI=1S/C28H30ClN5O2S/c1-4-23(33(15-14-18(2)16-30)27(35)21-10-12-22(29)13-11-21)25-31-26-24(19(3)32-37-26)28(36)34(25)17-20-8-6-5-7-9-20/h5-13,16,23H,4,14-15,17,30H2,1-3H3/b18-16+. The topological polar surface area (TPSA) is 94.1 Å². The van der Waals surface area contributed by atoms with Crippen LogP contribution in [0.5, 0.6) is 0 Å². The van der Waals surface area contributed by atoms with Crippen LogP contribution in [0, 0.1) is 6.92 Å². The van der Waals surface area contributed by atoms with Crippen molar-refractivity contribution in [2.24, 2.45) is 5.73 Å². The Labute approximate surface area is 225 Å². The predicted molar refractivity (Wildman–Crippen MR) is 150 cm³/mol. The maximum Gasteiger partial charge on any atom is 0.264 e. The first-order chi connectivity index (χ1) is 17.8. The molecule has 0 radical (unpaired) electrons. The first kappa shape index (κ1) is 26.6. The van der Waals surface area contributed by atoms with E-state index in [2.05, 4.69) is 4.37 Å². The summed E-state index contributed by atoms with van der Waals surface area (Å²) in [5.41, 5.74) is 8.70. The zero-order chi connectivity index (χ0) is 26.5. The van der Waals surface area contributed by atoms with Crippen LogP contribution in [0.2, 0.25) is 5.02 Å². The average molecular weight is 536 g/mol. The second kappa shape index (κ2) is 11.7. The van der Waals surface area contributed by atoms with E-state index in [-0.39, 0.29) is 11.5 Å². The van der Waals surface area contributed by atoms with Gasteiger partial charge in [-0.2, -0.15) is 4.37 Å². The Kier molecular flexibility index (Phi) is 8.41. The number of rotatable bonds is 9. The van der Waals surface area contributed by atoms with Gasteiger partial charge in [0.25, 0.3) is 11.5 Å². The van der Waals surface area contributed by atoms with E-state index in [1.807, 2.05) is 51.1 Å². The summed E-state index contributed by atoms with van der Waals surface area (Å²) >= 11 is 7.28. The number of fused-ring (bicyclic) bond motifs is 1.